The summed E-state index contributed by atoms with van der Waals surface area (Å²) in [6.45, 7) is 3.29. The highest BCUT2D eigenvalue weighted by molar-refractivity contribution is 7.14. The smallest absolute Gasteiger partial charge is 0.350 e. The summed E-state index contributed by atoms with van der Waals surface area (Å²) in [5.41, 5.74) is 1.78. The highest BCUT2D eigenvalue weighted by Gasteiger charge is 2.16. The minimum Gasteiger partial charge on any atom is -0.445 e. The fourth-order valence-corrected chi connectivity index (χ4v) is 4.46. The molecule has 0 fully saturated rings. The van der Waals surface area contributed by atoms with Gasteiger partial charge >= 0.3 is 5.69 Å². The minimum atomic E-state index is -0.710. The van der Waals surface area contributed by atoms with E-state index in [1.54, 1.807) is 24.3 Å². The Hall–Kier alpha value is -3.63. The summed E-state index contributed by atoms with van der Waals surface area (Å²) in [6.07, 6.45) is 3.38. The van der Waals surface area contributed by atoms with Gasteiger partial charge in [0.1, 0.15) is 28.7 Å². The van der Waals surface area contributed by atoms with Gasteiger partial charge in [0.05, 0.1) is 17.9 Å². The zero-order valence-electron chi connectivity index (χ0n) is 17.6. The third-order valence-corrected chi connectivity index (χ3v) is 6.36. The van der Waals surface area contributed by atoms with Crippen LogP contribution in [0.3, 0.4) is 0 Å². The van der Waals surface area contributed by atoms with Crippen molar-refractivity contribution in [2.24, 2.45) is 0 Å². The predicted octanol–water partition coefficient (Wildman–Crippen LogP) is 3.90. The maximum Gasteiger partial charge on any atom is 0.350 e. The molecule has 7 nitrogen and oxygen atoms in total. The second kappa shape index (κ2) is 8.72. The van der Waals surface area contributed by atoms with Gasteiger partial charge in [-0.1, -0.05) is 23.5 Å². The second-order valence-electron chi connectivity index (χ2n) is 7.50. The van der Waals surface area contributed by atoms with Crippen molar-refractivity contribution < 1.29 is 13.5 Å². The largest absolute Gasteiger partial charge is 0.445 e. The van der Waals surface area contributed by atoms with Crippen molar-refractivity contribution in [1.29, 1.82) is 0 Å². The Kier molecular flexibility index (Phi) is 5.61. The Labute approximate surface area is 191 Å². The first-order valence-corrected chi connectivity index (χ1v) is 11.0. The Morgan fingerprint density at radius 3 is 2.61 bits per heavy atom. The average Bonchev–Trinajstić information content (AvgIpc) is 3.54. The molecule has 168 valence electrons. The van der Waals surface area contributed by atoms with Gasteiger partial charge in [0.15, 0.2) is 0 Å². The number of nitrogens with zero attached hydrogens (tertiary/aromatic N) is 4. The molecule has 0 saturated carbocycles. The van der Waals surface area contributed by atoms with Gasteiger partial charge in [0, 0.05) is 18.7 Å². The summed E-state index contributed by atoms with van der Waals surface area (Å²) in [7, 11) is 0. The average molecular weight is 468 g/mol. The van der Waals surface area contributed by atoms with Crippen LogP contribution in [0.15, 0.2) is 59.7 Å². The lowest BCUT2D eigenvalue weighted by atomic mass is 10.2. The number of thiazole rings is 1. The first-order chi connectivity index (χ1) is 16.0. The van der Waals surface area contributed by atoms with E-state index in [0.29, 0.717) is 16.5 Å². The van der Waals surface area contributed by atoms with Crippen LogP contribution in [0.2, 0.25) is 0 Å². The van der Waals surface area contributed by atoms with Gasteiger partial charge in [-0.15, -0.1) is 0 Å². The third-order valence-electron chi connectivity index (χ3n) is 5.25. The Morgan fingerprint density at radius 2 is 1.91 bits per heavy atom. The van der Waals surface area contributed by atoms with Crippen molar-refractivity contribution in [1.82, 2.24) is 24.6 Å². The fraction of sp³-hybridized carbons (Fsp3) is 0.174. The molecule has 0 spiro atoms. The van der Waals surface area contributed by atoms with Crippen LogP contribution < -0.4 is 15.7 Å². The van der Waals surface area contributed by atoms with E-state index in [-0.39, 0.29) is 12.1 Å². The molecule has 33 heavy (non-hydrogen) atoms. The lowest BCUT2D eigenvalue weighted by molar-refractivity contribution is 0.491. The van der Waals surface area contributed by atoms with Crippen molar-refractivity contribution in [2.45, 2.75) is 13.5 Å². The summed E-state index contributed by atoms with van der Waals surface area (Å²) < 4.78 is 36.2. The van der Waals surface area contributed by atoms with E-state index in [2.05, 4.69) is 21.5 Å². The number of halogens is 2. The standard InChI is InChI=1S/C23H19F2N5O2S/c1-14-22(33-21(28-14)15-9-10-26-11-15)32-17-7-5-16(6-8-17)30-23(31)29(13-27-30)12-18-19(24)3-2-4-20(18)25/h2-9,13,26H,10-12H2,1H3. The van der Waals surface area contributed by atoms with Crippen LogP contribution in [0.5, 0.6) is 10.8 Å². The van der Waals surface area contributed by atoms with Crippen LogP contribution in [-0.2, 0) is 6.54 Å². The van der Waals surface area contributed by atoms with Crippen LogP contribution in [0.1, 0.15) is 16.3 Å². The molecule has 0 unspecified atom stereocenters. The molecule has 0 atom stereocenters. The normalized spacial score (nSPS) is 13.4. The summed E-state index contributed by atoms with van der Waals surface area (Å²) in [4.78, 5) is 17.3. The van der Waals surface area contributed by atoms with Gasteiger partial charge in [0.2, 0.25) is 5.06 Å². The maximum absolute atomic E-state index is 13.9. The van der Waals surface area contributed by atoms with Gasteiger partial charge < -0.3 is 10.1 Å². The lowest BCUT2D eigenvalue weighted by Crippen LogP contribution is -2.24. The highest BCUT2D eigenvalue weighted by Crippen LogP contribution is 2.35. The molecule has 0 radical (unpaired) electrons. The van der Waals surface area contributed by atoms with E-state index in [9.17, 15) is 13.6 Å². The van der Waals surface area contributed by atoms with Crippen LogP contribution in [0.25, 0.3) is 11.3 Å². The summed E-state index contributed by atoms with van der Waals surface area (Å²) in [5.74, 6) is -0.826. The highest BCUT2D eigenvalue weighted by atomic mass is 32.1. The number of aryl methyl sites for hydroxylation is 1. The van der Waals surface area contributed by atoms with E-state index in [0.717, 1.165) is 45.2 Å². The third kappa shape index (κ3) is 4.22. The molecular formula is C23H19F2N5O2S. The van der Waals surface area contributed by atoms with Crippen LogP contribution in [0.4, 0.5) is 8.78 Å². The molecule has 10 heteroatoms. The van der Waals surface area contributed by atoms with E-state index >= 15 is 0 Å². The van der Waals surface area contributed by atoms with Gasteiger partial charge in [0.25, 0.3) is 0 Å². The number of hydrogen-bond acceptors (Lipinski definition) is 6. The Morgan fingerprint density at radius 1 is 1.15 bits per heavy atom. The second-order valence-corrected chi connectivity index (χ2v) is 8.46. The van der Waals surface area contributed by atoms with Gasteiger partial charge in [-0.3, -0.25) is 4.57 Å². The number of nitrogens with one attached hydrogen (secondary N) is 1. The number of aromatic nitrogens is 4. The minimum absolute atomic E-state index is 0.189. The molecule has 2 aromatic heterocycles. The van der Waals surface area contributed by atoms with Crippen LogP contribution in [0, 0.1) is 18.6 Å². The summed E-state index contributed by atoms with van der Waals surface area (Å²) >= 11 is 1.49. The molecular weight excluding hydrogens is 448 g/mol. The zero-order valence-corrected chi connectivity index (χ0v) is 18.4. The van der Waals surface area contributed by atoms with Crippen molar-refractivity contribution in [3.63, 3.8) is 0 Å². The summed E-state index contributed by atoms with van der Waals surface area (Å²) in [5, 5.41) is 8.98. The number of benzene rings is 2. The van der Waals surface area contributed by atoms with Crippen molar-refractivity contribution in [2.75, 3.05) is 13.1 Å². The molecule has 1 aliphatic rings. The van der Waals surface area contributed by atoms with Gasteiger partial charge in [-0.2, -0.15) is 9.78 Å². The van der Waals surface area contributed by atoms with Crippen molar-refractivity contribution in [3.8, 4) is 16.5 Å². The predicted molar refractivity (Wildman–Crippen MR) is 121 cm³/mol. The zero-order chi connectivity index (χ0) is 22.9. The van der Waals surface area contributed by atoms with E-state index in [1.165, 1.54) is 29.3 Å². The molecule has 0 amide bonds. The molecule has 4 aromatic rings. The number of rotatable bonds is 6. The molecule has 0 saturated heterocycles. The van der Waals surface area contributed by atoms with Crippen molar-refractivity contribution >= 4 is 16.9 Å². The monoisotopic (exact) mass is 467 g/mol. The first kappa shape index (κ1) is 21.2. The summed E-state index contributed by atoms with van der Waals surface area (Å²) in [6, 6.07) is 10.4. The molecule has 3 heterocycles. The maximum atomic E-state index is 13.9. The Bertz CT molecular complexity index is 1380. The first-order valence-electron chi connectivity index (χ1n) is 10.2. The molecule has 5 rings (SSSR count). The molecule has 1 N–H and O–H groups in total. The van der Waals surface area contributed by atoms with Crippen LogP contribution in [-0.4, -0.2) is 32.4 Å². The lowest BCUT2D eigenvalue weighted by Gasteiger charge is -2.06. The van der Waals surface area contributed by atoms with Crippen molar-refractivity contribution in [3.05, 3.63) is 93.3 Å². The SMILES string of the molecule is Cc1nc(C2=CCNC2)sc1Oc1ccc(-n2ncn(Cc3c(F)cccc3F)c2=O)cc1. The van der Waals surface area contributed by atoms with E-state index in [1.807, 2.05) is 6.92 Å². The van der Waals surface area contributed by atoms with Crippen LogP contribution >= 0.6 is 11.3 Å². The Balaban J connectivity index is 1.34. The van der Waals surface area contributed by atoms with Gasteiger partial charge in [-0.25, -0.2) is 18.6 Å². The fourth-order valence-electron chi connectivity index (χ4n) is 3.49. The molecule has 2 aromatic carbocycles. The topological polar surface area (TPSA) is 74.0 Å². The number of ether oxygens (including phenoxy) is 1. The van der Waals surface area contributed by atoms with E-state index < -0.39 is 17.3 Å². The number of hydrogen-bond donors (Lipinski definition) is 1. The molecule has 1 aliphatic heterocycles. The van der Waals surface area contributed by atoms with E-state index in [4.69, 9.17) is 4.74 Å². The quantitative estimate of drug-likeness (QED) is 0.466. The molecule has 0 bridgehead atoms. The van der Waals surface area contributed by atoms with Gasteiger partial charge in [-0.05, 0) is 48.9 Å². The molecule has 0 aliphatic carbocycles.